The summed E-state index contributed by atoms with van der Waals surface area (Å²) in [6, 6.07) is 11.1. The molecule has 2 aromatic heterocycles. The summed E-state index contributed by atoms with van der Waals surface area (Å²) in [5.74, 6) is -0.573. The minimum Gasteiger partial charge on any atom is -0.494 e. The summed E-state index contributed by atoms with van der Waals surface area (Å²) in [6.07, 6.45) is 4.51. The molecule has 10 heteroatoms. The molecule has 1 aliphatic rings. The van der Waals surface area contributed by atoms with Gasteiger partial charge < -0.3 is 13.9 Å². The Morgan fingerprint density at radius 2 is 2.05 bits per heavy atom. The van der Waals surface area contributed by atoms with Crippen molar-refractivity contribution in [2.24, 2.45) is 0 Å². The molecule has 2 aromatic carbocycles. The van der Waals surface area contributed by atoms with Crippen molar-refractivity contribution in [3.8, 4) is 5.75 Å². The van der Waals surface area contributed by atoms with Crippen molar-refractivity contribution in [3.63, 3.8) is 0 Å². The number of carbonyl (C=O) groups is 2. The minimum atomic E-state index is -0.871. The smallest absolute Gasteiger partial charge is 0.350 e. The van der Waals surface area contributed by atoms with Crippen molar-refractivity contribution in [1.29, 1.82) is 0 Å². The quantitative estimate of drug-likeness (QED) is 0.115. The average Bonchev–Trinajstić information content (AvgIpc) is 3.47. The van der Waals surface area contributed by atoms with Crippen LogP contribution in [0, 0.1) is 6.92 Å². The zero-order valence-corrected chi connectivity index (χ0v) is 23.6. The van der Waals surface area contributed by atoms with Gasteiger partial charge in [0.05, 0.1) is 29.3 Å². The second-order valence-electron chi connectivity index (χ2n) is 9.32. The molecule has 0 radical (unpaired) electrons. The number of fused-ring (bicyclic) bond motifs is 2. The van der Waals surface area contributed by atoms with E-state index in [4.69, 9.17) is 25.5 Å². The van der Waals surface area contributed by atoms with Gasteiger partial charge in [-0.3, -0.25) is 14.5 Å². The van der Waals surface area contributed by atoms with Crippen molar-refractivity contribution in [3.05, 3.63) is 97.8 Å². The maximum atomic E-state index is 13.9. The summed E-state index contributed by atoms with van der Waals surface area (Å²) in [4.78, 5) is 46.6. The first kappa shape index (κ1) is 27.6. The third kappa shape index (κ3) is 5.14. The molecular formula is C30H27ClN2O6S. The Labute approximate surface area is 239 Å². The Morgan fingerprint density at radius 1 is 1.23 bits per heavy atom. The molecule has 4 aromatic rings. The SMILES string of the molecule is C=CCOC(=O)c1sc(N2C(=O)c3oc4ccc(Cl)cc4c(=O)c3C2c2cccc(OCCCCC)c2)nc1C. The third-order valence-electron chi connectivity index (χ3n) is 6.53. The zero-order chi connectivity index (χ0) is 28.4. The van der Waals surface area contributed by atoms with E-state index in [9.17, 15) is 14.4 Å². The number of aromatic nitrogens is 1. The second-order valence-corrected chi connectivity index (χ2v) is 10.7. The molecule has 0 bridgehead atoms. The van der Waals surface area contributed by atoms with Gasteiger partial charge in [0.15, 0.2) is 10.6 Å². The Morgan fingerprint density at radius 3 is 2.83 bits per heavy atom. The summed E-state index contributed by atoms with van der Waals surface area (Å²) in [5, 5.41) is 0.875. The first-order valence-electron chi connectivity index (χ1n) is 12.9. The van der Waals surface area contributed by atoms with E-state index in [0.717, 1.165) is 30.6 Å². The van der Waals surface area contributed by atoms with Crippen LogP contribution in [0.4, 0.5) is 5.13 Å². The summed E-state index contributed by atoms with van der Waals surface area (Å²) >= 11 is 7.21. The number of esters is 1. The van der Waals surface area contributed by atoms with E-state index in [0.29, 0.717) is 28.6 Å². The van der Waals surface area contributed by atoms with Gasteiger partial charge in [-0.25, -0.2) is 9.78 Å². The Balaban J connectivity index is 1.65. The number of hydrogen-bond donors (Lipinski definition) is 0. The Kier molecular flexibility index (Phi) is 8.04. The Hall–Kier alpha value is -3.95. The van der Waals surface area contributed by atoms with E-state index in [-0.39, 0.29) is 44.3 Å². The lowest BCUT2D eigenvalue weighted by molar-refractivity contribution is 0.0554. The van der Waals surface area contributed by atoms with Crippen LogP contribution >= 0.6 is 22.9 Å². The van der Waals surface area contributed by atoms with Crippen molar-refractivity contribution < 1.29 is 23.5 Å². The fraction of sp³-hybridized carbons (Fsp3) is 0.267. The molecule has 1 aliphatic heterocycles. The van der Waals surface area contributed by atoms with Gasteiger partial charge in [0.2, 0.25) is 5.76 Å². The molecule has 0 spiro atoms. The first-order chi connectivity index (χ1) is 19.3. The van der Waals surface area contributed by atoms with Gasteiger partial charge in [0.1, 0.15) is 22.8 Å². The van der Waals surface area contributed by atoms with Crippen LogP contribution in [0.3, 0.4) is 0 Å². The number of amides is 1. The fourth-order valence-electron chi connectivity index (χ4n) is 4.65. The first-order valence-corrected chi connectivity index (χ1v) is 14.1. The topological polar surface area (TPSA) is 98.9 Å². The molecule has 1 atom stereocenters. The number of carbonyl (C=O) groups excluding carboxylic acids is 2. The Bertz CT molecular complexity index is 1680. The van der Waals surface area contributed by atoms with Crippen LogP contribution in [-0.4, -0.2) is 30.1 Å². The molecule has 206 valence electrons. The number of aryl methyl sites for hydroxylation is 1. The van der Waals surface area contributed by atoms with Crippen LogP contribution in [0.5, 0.6) is 5.75 Å². The van der Waals surface area contributed by atoms with Gasteiger partial charge in [-0.15, -0.1) is 0 Å². The zero-order valence-electron chi connectivity index (χ0n) is 22.1. The van der Waals surface area contributed by atoms with E-state index in [1.165, 1.54) is 17.0 Å². The molecule has 1 unspecified atom stereocenters. The second kappa shape index (κ2) is 11.7. The third-order valence-corrected chi connectivity index (χ3v) is 7.90. The number of halogens is 1. The number of benzene rings is 2. The van der Waals surface area contributed by atoms with Gasteiger partial charge in [-0.1, -0.05) is 67.5 Å². The van der Waals surface area contributed by atoms with Crippen molar-refractivity contribution in [2.45, 2.75) is 39.2 Å². The maximum absolute atomic E-state index is 13.9. The van der Waals surface area contributed by atoms with Crippen LogP contribution in [0.25, 0.3) is 11.0 Å². The highest BCUT2D eigenvalue weighted by Crippen LogP contribution is 2.44. The predicted octanol–water partition coefficient (Wildman–Crippen LogP) is 6.87. The lowest BCUT2D eigenvalue weighted by atomic mass is 9.98. The number of hydrogen-bond acceptors (Lipinski definition) is 8. The summed E-state index contributed by atoms with van der Waals surface area (Å²) in [5.41, 5.74) is 1.09. The van der Waals surface area contributed by atoms with Crippen LogP contribution in [-0.2, 0) is 4.74 Å². The molecule has 0 saturated heterocycles. The maximum Gasteiger partial charge on any atom is 0.350 e. The summed E-state index contributed by atoms with van der Waals surface area (Å²) < 4.78 is 17.2. The number of unbranched alkanes of at least 4 members (excludes halogenated alkanes) is 2. The summed E-state index contributed by atoms with van der Waals surface area (Å²) in [7, 11) is 0. The normalized spacial score (nSPS) is 14.4. The largest absolute Gasteiger partial charge is 0.494 e. The number of nitrogens with zero attached hydrogens (tertiary/aromatic N) is 2. The highest BCUT2D eigenvalue weighted by molar-refractivity contribution is 7.17. The lowest BCUT2D eigenvalue weighted by Crippen LogP contribution is -2.29. The van der Waals surface area contributed by atoms with Crippen molar-refractivity contribution in [2.75, 3.05) is 18.1 Å². The monoisotopic (exact) mass is 578 g/mol. The standard InChI is InChI=1S/C30H27ClN2O6S/c1-4-6-7-14-37-20-10-8-9-18(15-20)24-23-25(34)21-16-19(31)11-12-22(21)39-26(23)28(35)33(24)30-32-17(3)27(40-30)29(36)38-13-5-2/h5,8-12,15-16,24H,2,4,6-7,13-14H2,1,3H3. The van der Waals surface area contributed by atoms with Crippen molar-refractivity contribution >= 4 is 50.9 Å². The van der Waals surface area contributed by atoms with Crippen LogP contribution in [0.15, 0.2) is 64.3 Å². The molecule has 3 heterocycles. The highest BCUT2D eigenvalue weighted by atomic mass is 35.5. The molecule has 5 rings (SSSR count). The number of rotatable bonds is 10. The molecule has 0 fully saturated rings. The van der Waals surface area contributed by atoms with E-state index < -0.39 is 17.9 Å². The molecule has 0 N–H and O–H groups in total. The number of thiazole rings is 1. The summed E-state index contributed by atoms with van der Waals surface area (Å²) in [6.45, 7) is 7.94. The number of anilines is 1. The highest BCUT2D eigenvalue weighted by Gasteiger charge is 2.45. The molecule has 8 nitrogen and oxygen atoms in total. The van der Waals surface area contributed by atoms with Gasteiger partial charge >= 0.3 is 5.97 Å². The van der Waals surface area contributed by atoms with Gasteiger partial charge in [-0.05, 0) is 49.2 Å². The van der Waals surface area contributed by atoms with Gasteiger partial charge in [0.25, 0.3) is 5.91 Å². The minimum absolute atomic E-state index is 0.0425. The molecule has 40 heavy (non-hydrogen) atoms. The van der Waals surface area contributed by atoms with Gasteiger partial charge in [0, 0.05) is 5.02 Å². The fourth-order valence-corrected chi connectivity index (χ4v) is 5.81. The average molecular weight is 579 g/mol. The molecule has 0 saturated carbocycles. The van der Waals surface area contributed by atoms with E-state index in [1.807, 2.05) is 24.3 Å². The molecule has 0 aliphatic carbocycles. The number of ether oxygens (including phenoxy) is 2. The van der Waals surface area contributed by atoms with Crippen LogP contribution < -0.4 is 15.1 Å². The van der Waals surface area contributed by atoms with Gasteiger partial charge in [-0.2, -0.15) is 0 Å². The molecular weight excluding hydrogens is 552 g/mol. The van der Waals surface area contributed by atoms with E-state index >= 15 is 0 Å². The van der Waals surface area contributed by atoms with Crippen molar-refractivity contribution in [1.82, 2.24) is 4.98 Å². The van der Waals surface area contributed by atoms with Crippen LogP contribution in [0.1, 0.15) is 69.3 Å². The van der Waals surface area contributed by atoms with Crippen LogP contribution in [0.2, 0.25) is 5.02 Å². The van der Waals surface area contributed by atoms with E-state index in [2.05, 4.69) is 18.5 Å². The molecule has 1 amide bonds. The van der Waals surface area contributed by atoms with E-state index in [1.54, 1.807) is 19.1 Å². The predicted molar refractivity (Wildman–Crippen MR) is 155 cm³/mol. The lowest BCUT2D eigenvalue weighted by Gasteiger charge is -2.23.